The second kappa shape index (κ2) is 6.87. The van der Waals surface area contributed by atoms with Crippen molar-refractivity contribution in [3.05, 3.63) is 23.4 Å². The molecule has 0 aromatic carbocycles. The molecule has 0 atom stereocenters. The molecule has 1 aromatic heterocycles. The van der Waals surface area contributed by atoms with Gasteiger partial charge in [-0.2, -0.15) is 0 Å². The number of rotatable bonds is 4. The number of nitrogens with one attached hydrogen (secondary N) is 2. The summed E-state index contributed by atoms with van der Waals surface area (Å²) < 4.78 is 0. The van der Waals surface area contributed by atoms with Crippen molar-refractivity contribution in [2.24, 2.45) is 0 Å². The van der Waals surface area contributed by atoms with Crippen LogP contribution in [0.1, 0.15) is 0 Å². The van der Waals surface area contributed by atoms with E-state index in [1.54, 1.807) is 6.07 Å². The summed E-state index contributed by atoms with van der Waals surface area (Å²) in [6.45, 7) is 1.98. The molecule has 1 heterocycles. The number of halogens is 2. The number of quaternary nitrogens is 1. The standard InChI is InChI=1S/C9H14ClN3.ClH/c1-13(2)7-6-11-9-5-3-4-8(10)12-9;/h3-5H,6-7H2,1-2H3,(H,11,12);1H. The van der Waals surface area contributed by atoms with Gasteiger partial charge in [-0.3, -0.25) is 0 Å². The summed E-state index contributed by atoms with van der Waals surface area (Å²) >= 11 is 5.73. The predicted octanol–water partition coefficient (Wildman–Crippen LogP) is -2.70. The fourth-order valence-electron chi connectivity index (χ4n) is 0.947. The zero-order valence-corrected chi connectivity index (χ0v) is 9.86. The smallest absolute Gasteiger partial charge is 0.131 e. The molecule has 0 saturated heterocycles. The Morgan fingerprint density at radius 1 is 1.43 bits per heavy atom. The first kappa shape index (κ1) is 13.5. The van der Waals surface area contributed by atoms with Crippen molar-refractivity contribution in [2.45, 2.75) is 0 Å². The van der Waals surface area contributed by atoms with Crippen molar-refractivity contribution in [3.8, 4) is 0 Å². The van der Waals surface area contributed by atoms with Gasteiger partial charge in [-0.25, -0.2) is 4.98 Å². The maximum atomic E-state index is 5.73. The first-order valence-corrected chi connectivity index (χ1v) is 4.72. The first-order valence-electron chi connectivity index (χ1n) is 4.34. The van der Waals surface area contributed by atoms with E-state index in [-0.39, 0.29) is 12.4 Å². The third-order valence-electron chi connectivity index (χ3n) is 1.65. The Labute approximate surface area is 95.9 Å². The Hall–Kier alpha value is -0.510. The molecule has 1 aromatic rings. The number of hydrogen-bond acceptors (Lipinski definition) is 2. The van der Waals surface area contributed by atoms with Crippen LogP contribution in [0.5, 0.6) is 0 Å². The normalized spacial score (nSPS) is 9.71. The zero-order valence-electron chi connectivity index (χ0n) is 8.35. The van der Waals surface area contributed by atoms with E-state index in [4.69, 9.17) is 11.6 Å². The Bertz CT molecular complexity index is 266. The Morgan fingerprint density at radius 3 is 2.71 bits per heavy atom. The van der Waals surface area contributed by atoms with Gasteiger partial charge in [0.2, 0.25) is 0 Å². The average Bonchev–Trinajstić information content (AvgIpc) is 2.03. The molecule has 0 radical (unpaired) electrons. The number of aromatic nitrogens is 1. The molecule has 5 heteroatoms. The minimum absolute atomic E-state index is 0. The van der Waals surface area contributed by atoms with Crippen LogP contribution in [0.4, 0.5) is 5.82 Å². The number of nitrogens with zero attached hydrogens (tertiary/aromatic N) is 1. The van der Waals surface area contributed by atoms with E-state index in [9.17, 15) is 0 Å². The maximum Gasteiger partial charge on any atom is 0.131 e. The van der Waals surface area contributed by atoms with Gasteiger partial charge in [-0.15, -0.1) is 0 Å². The van der Waals surface area contributed by atoms with Crippen molar-refractivity contribution in [2.75, 3.05) is 32.5 Å². The molecule has 80 valence electrons. The molecule has 0 saturated carbocycles. The van der Waals surface area contributed by atoms with Crippen molar-refractivity contribution in [3.63, 3.8) is 0 Å². The maximum absolute atomic E-state index is 5.73. The van der Waals surface area contributed by atoms with Gasteiger partial charge >= 0.3 is 0 Å². The lowest BCUT2D eigenvalue weighted by Gasteiger charge is -2.08. The molecule has 14 heavy (non-hydrogen) atoms. The van der Waals surface area contributed by atoms with E-state index in [2.05, 4.69) is 24.4 Å². The fraction of sp³-hybridized carbons (Fsp3) is 0.444. The topological polar surface area (TPSA) is 29.4 Å². The van der Waals surface area contributed by atoms with Crippen molar-refractivity contribution >= 4 is 17.4 Å². The quantitative estimate of drug-likeness (QED) is 0.557. The van der Waals surface area contributed by atoms with Gasteiger partial charge in [0.25, 0.3) is 0 Å². The highest BCUT2D eigenvalue weighted by Gasteiger charge is 1.96. The zero-order chi connectivity index (χ0) is 9.68. The first-order chi connectivity index (χ1) is 6.18. The van der Waals surface area contributed by atoms with Crippen LogP contribution in [0.25, 0.3) is 0 Å². The molecule has 0 aliphatic carbocycles. The lowest BCUT2D eigenvalue weighted by Crippen LogP contribution is -3.06. The lowest BCUT2D eigenvalue weighted by molar-refractivity contribution is -0.856. The number of likely N-dealkylation sites (N-methyl/N-ethyl adjacent to an activating group) is 1. The van der Waals surface area contributed by atoms with Crippen molar-refractivity contribution in [1.29, 1.82) is 0 Å². The monoisotopic (exact) mass is 235 g/mol. The molecule has 1 rings (SSSR count). The fourth-order valence-corrected chi connectivity index (χ4v) is 1.11. The summed E-state index contributed by atoms with van der Waals surface area (Å²) in [7, 11) is 4.24. The number of hydrogen-bond donors (Lipinski definition) is 2. The Balaban J connectivity index is 0.00000169. The second-order valence-electron chi connectivity index (χ2n) is 3.23. The number of anilines is 1. The average molecular weight is 236 g/mol. The van der Waals surface area contributed by atoms with Gasteiger partial charge in [-0.05, 0) is 12.1 Å². The largest absolute Gasteiger partial charge is 1.00 e. The highest BCUT2D eigenvalue weighted by atomic mass is 35.5. The number of pyridine rings is 1. The molecule has 0 aliphatic rings. The van der Waals surface area contributed by atoms with E-state index < -0.39 is 0 Å². The van der Waals surface area contributed by atoms with Crippen molar-refractivity contribution < 1.29 is 17.3 Å². The predicted molar refractivity (Wildman–Crippen MR) is 55.4 cm³/mol. The molecule has 2 N–H and O–H groups in total. The van der Waals surface area contributed by atoms with Crippen LogP contribution in [-0.2, 0) is 0 Å². The summed E-state index contributed by atoms with van der Waals surface area (Å²) in [5.74, 6) is 0.841. The lowest BCUT2D eigenvalue weighted by atomic mass is 10.4. The molecular formula is C9H15Cl2N3. The Morgan fingerprint density at radius 2 is 2.14 bits per heavy atom. The van der Waals surface area contributed by atoms with Crippen LogP contribution in [0, 0.1) is 0 Å². The van der Waals surface area contributed by atoms with E-state index in [1.807, 2.05) is 12.1 Å². The molecule has 3 nitrogen and oxygen atoms in total. The van der Waals surface area contributed by atoms with Crippen LogP contribution in [0.15, 0.2) is 18.2 Å². The van der Waals surface area contributed by atoms with E-state index in [0.29, 0.717) is 5.15 Å². The van der Waals surface area contributed by atoms with Gasteiger partial charge in [0.1, 0.15) is 11.0 Å². The molecule has 0 fully saturated rings. The summed E-state index contributed by atoms with van der Waals surface area (Å²) in [5, 5.41) is 3.73. The van der Waals surface area contributed by atoms with Crippen LogP contribution in [0.2, 0.25) is 5.15 Å². The summed E-state index contributed by atoms with van der Waals surface area (Å²) in [5.41, 5.74) is 0. The molecule has 0 aliphatic heterocycles. The van der Waals surface area contributed by atoms with E-state index in [1.165, 1.54) is 4.90 Å². The third kappa shape index (κ3) is 5.27. The van der Waals surface area contributed by atoms with Gasteiger partial charge in [0, 0.05) is 0 Å². The van der Waals surface area contributed by atoms with Gasteiger partial charge in [-0.1, -0.05) is 17.7 Å². The van der Waals surface area contributed by atoms with Gasteiger partial charge in [0.15, 0.2) is 0 Å². The SMILES string of the molecule is C[NH+](C)CCNc1cccc(Cl)n1.[Cl-]. The summed E-state index contributed by atoms with van der Waals surface area (Å²) in [6.07, 6.45) is 0. The molecule has 0 unspecified atom stereocenters. The molecular weight excluding hydrogens is 221 g/mol. The highest BCUT2D eigenvalue weighted by Crippen LogP contribution is 2.08. The summed E-state index contributed by atoms with van der Waals surface area (Å²) in [6, 6.07) is 5.57. The molecule has 0 amide bonds. The molecule has 0 bridgehead atoms. The van der Waals surface area contributed by atoms with Crippen molar-refractivity contribution in [1.82, 2.24) is 4.98 Å². The van der Waals surface area contributed by atoms with E-state index in [0.717, 1.165) is 18.9 Å². The van der Waals surface area contributed by atoms with Gasteiger partial charge < -0.3 is 22.6 Å². The summed E-state index contributed by atoms with van der Waals surface area (Å²) in [4.78, 5) is 5.53. The van der Waals surface area contributed by atoms with Gasteiger partial charge in [0.05, 0.1) is 27.2 Å². The van der Waals surface area contributed by atoms with Crippen LogP contribution < -0.4 is 22.6 Å². The second-order valence-corrected chi connectivity index (χ2v) is 3.62. The minimum Gasteiger partial charge on any atom is -1.00 e. The minimum atomic E-state index is 0. The Kier molecular flexibility index (Phi) is 6.62. The van der Waals surface area contributed by atoms with Crippen LogP contribution >= 0.6 is 11.6 Å². The highest BCUT2D eigenvalue weighted by molar-refractivity contribution is 6.29. The van der Waals surface area contributed by atoms with E-state index >= 15 is 0 Å². The van der Waals surface area contributed by atoms with Crippen LogP contribution in [-0.4, -0.2) is 32.2 Å². The van der Waals surface area contributed by atoms with Crippen LogP contribution in [0.3, 0.4) is 0 Å². The molecule has 0 spiro atoms. The third-order valence-corrected chi connectivity index (χ3v) is 1.86.